The van der Waals surface area contributed by atoms with Gasteiger partial charge in [0.25, 0.3) is 5.91 Å². The number of halogens is 2. The number of hydrogen-bond acceptors (Lipinski definition) is 3. The predicted molar refractivity (Wildman–Crippen MR) is 121 cm³/mol. The van der Waals surface area contributed by atoms with Gasteiger partial charge in [0, 0.05) is 36.9 Å². The van der Waals surface area contributed by atoms with Gasteiger partial charge in [-0.2, -0.15) is 0 Å². The molecular formula is C21H37Cl2N3O. The summed E-state index contributed by atoms with van der Waals surface area (Å²) in [5, 5.41) is 3.39. The lowest BCUT2D eigenvalue weighted by Crippen LogP contribution is -2.46. The van der Waals surface area contributed by atoms with Crippen molar-refractivity contribution in [1.82, 2.24) is 10.2 Å². The van der Waals surface area contributed by atoms with E-state index in [9.17, 15) is 4.79 Å². The molecule has 0 spiro atoms. The summed E-state index contributed by atoms with van der Waals surface area (Å²) in [6.45, 7) is 11.5. The second-order valence-corrected chi connectivity index (χ2v) is 6.96. The first-order chi connectivity index (χ1) is 12.2. The van der Waals surface area contributed by atoms with Gasteiger partial charge in [-0.1, -0.05) is 20.3 Å². The number of unbranched alkanes of at least 4 members (excludes halogenated alkanes) is 1. The number of benzene rings is 1. The number of piperidine rings is 1. The minimum absolute atomic E-state index is 0. The van der Waals surface area contributed by atoms with Crippen LogP contribution >= 0.6 is 24.8 Å². The van der Waals surface area contributed by atoms with E-state index in [1.165, 1.54) is 18.5 Å². The first-order valence-electron chi connectivity index (χ1n) is 10.1. The number of carbonyl (C=O) groups is 1. The van der Waals surface area contributed by atoms with E-state index in [2.05, 4.69) is 48.0 Å². The highest BCUT2D eigenvalue weighted by Crippen LogP contribution is 2.20. The molecule has 1 fully saturated rings. The summed E-state index contributed by atoms with van der Waals surface area (Å²) in [5.74, 6) is 0.192. The summed E-state index contributed by atoms with van der Waals surface area (Å²) < 4.78 is 0. The second kappa shape index (κ2) is 14.1. The average molecular weight is 418 g/mol. The Balaban J connectivity index is 0.00000338. The SMILES string of the molecule is CCCCN(CC)c1ccc(C(=O)N(CCC)C2CCNCC2)cc1.Cl.Cl. The highest BCUT2D eigenvalue weighted by molar-refractivity contribution is 5.94. The van der Waals surface area contributed by atoms with Gasteiger partial charge in [0.15, 0.2) is 0 Å². The van der Waals surface area contributed by atoms with Crippen LogP contribution in [0.2, 0.25) is 0 Å². The quantitative estimate of drug-likeness (QED) is 0.628. The molecular weight excluding hydrogens is 381 g/mol. The Labute approximate surface area is 177 Å². The van der Waals surface area contributed by atoms with Crippen LogP contribution in [0.1, 0.15) is 63.2 Å². The van der Waals surface area contributed by atoms with Crippen LogP contribution in [0.3, 0.4) is 0 Å². The lowest BCUT2D eigenvalue weighted by molar-refractivity contribution is 0.0642. The van der Waals surface area contributed by atoms with Crippen molar-refractivity contribution in [3.8, 4) is 0 Å². The maximum absolute atomic E-state index is 13.0. The Morgan fingerprint density at radius 3 is 2.15 bits per heavy atom. The molecule has 1 amide bonds. The lowest BCUT2D eigenvalue weighted by atomic mass is 10.0. The highest BCUT2D eigenvalue weighted by atomic mass is 35.5. The molecule has 0 saturated carbocycles. The van der Waals surface area contributed by atoms with Crippen LogP contribution in [0.15, 0.2) is 24.3 Å². The molecule has 0 radical (unpaired) electrons. The summed E-state index contributed by atoms with van der Waals surface area (Å²) >= 11 is 0. The molecule has 4 nitrogen and oxygen atoms in total. The van der Waals surface area contributed by atoms with E-state index < -0.39 is 0 Å². The summed E-state index contributed by atoms with van der Waals surface area (Å²) in [6.07, 6.45) is 5.53. The molecule has 6 heteroatoms. The zero-order valence-electron chi connectivity index (χ0n) is 17.1. The average Bonchev–Trinajstić information content (AvgIpc) is 2.67. The molecule has 0 bridgehead atoms. The maximum atomic E-state index is 13.0. The summed E-state index contributed by atoms with van der Waals surface area (Å²) in [6, 6.07) is 8.62. The van der Waals surface area contributed by atoms with Gasteiger partial charge in [-0.3, -0.25) is 4.79 Å². The van der Waals surface area contributed by atoms with Crippen LogP contribution in [-0.4, -0.2) is 49.6 Å². The number of amides is 1. The molecule has 27 heavy (non-hydrogen) atoms. The number of carbonyl (C=O) groups excluding carboxylic acids is 1. The van der Waals surface area contributed by atoms with Crippen LogP contribution in [0.5, 0.6) is 0 Å². The zero-order chi connectivity index (χ0) is 18.1. The van der Waals surface area contributed by atoms with Crippen molar-refractivity contribution in [1.29, 1.82) is 0 Å². The lowest BCUT2D eigenvalue weighted by Gasteiger charge is -2.34. The summed E-state index contributed by atoms with van der Waals surface area (Å²) in [5.41, 5.74) is 2.04. The molecule has 0 aliphatic carbocycles. The Morgan fingerprint density at radius 2 is 1.63 bits per heavy atom. The van der Waals surface area contributed by atoms with Gasteiger partial charge in [-0.15, -0.1) is 24.8 Å². The summed E-state index contributed by atoms with van der Waals surface area (Å²) in [7, 11) is 0. The van der Waals surface area contributed by atoms with E-state index in [1.54, 1.807) is 0 Å². The molecule has 0 atom stereocenters. The van der Waals surface area contributed by atoms with Crippen molar-refractivity contribution in [2.45, 2.75) is 58.9 Å². The third-order valence-corrected chi connectivity index (χ3v) is 5.12. The fraction of sp³-hybridized carbons (Fsp3) is 0.667. The largest absolute Gasteiger partial charge is 0.372 e. The van der Waals surface area contributed by atoms with Gasteiger partial charge in [-0.25, -0.2) is 0 Å². The van der Waals surface area contributed by atoms with Crippen LogP contribution in [0.25, 0.3) is 0 Å². The van der Waals surface area contributed by atoms with Gasteiger partial charge in [0.2, 0.25) is 0 Å². The topological polar surface area (TPSA) is 35.6 Å². The van der Waals surface area contributed by atoms with Crippen molar-refractivity contribution in [3.63, 3.8) is 0 Å². The third kappa shape index (κ3) is 7.52. The van der Waals surface area contributed by atoms with Crippen LogP contribution in [-0.2, 0) is 0 Å². The van der Waals surface area contributed by atoms with Crippen LogP contribution in [0.4, 0.5) is 5.69 Å². The maximum Gasteiger partial charge on any atom is 0.254 e. The van der Waals surface area contributed by atoms with Gasteiger partial charge in [-0.05, 0) is 70.0 Å². The first-order valence-corrected chi connectivity index (χ1v) is 10.1. The minimum atomic E-state index is 0. The monoisotopic (exact) mass is 417 g/mol. The van der Waals surface area contributed by atoms with E-state index in [4.69, 9.17) is 0 Å². The van der Waals surface area contributed by atoms with Crippen molar-refractivity contribution < 1.29 is 4.79 Å². The molecule has 1 aliphatic heterocycles. The molecule has 1 aromatic carbocycles. The predicted octanol–water partition coefficient (Wildman–Crippen LogP) is 4.76. The van der Waals surface area contributed by atoms with E-state index in [0.717, 1.165) is 57.5 Å². The molecule has 0 aromatic heterocycles. The fourth-order valence-electron chi connectivity index (χ4n) is 3.61. The van der Waals surface area contributed by atoms with Gasteiger partial charge >= 0.3 is 0 Å². The Kier molecular flexibility index (Phi) is 13.6. The van der Waals surface area contributed by atoms with Crippen molar-refractivity contribution in [2.24, 2.45) is 0 Å². The molecule has 1 aromatic rings. The highest BCUT2D eigenvalue weighted by Gasteiger charge is 2.25. The minimum Gasteiger partial charge on any atom is -0.372 e. The number of nitrogens with one attached hydrogen (secondary N) is 1. The van der Waals surface area contributed by atoms with Crippen molar-refractivity contribution in [3.05, 3.63) is 29.8 Å². The Bertz CT molecular complexity index is 519. The number of nitrogens with zero attached hydrogens (tertiary/aromatic N) is 2. The standard InChI is InChI=1S/C21H35N3O.2ClH/c1-4-7-17-23(6-3)19-10-8-18(9-11-19)21(25)24(16-5-2)20-12-14-22-15-13-20;;/h8-11,20,22H,4-7,12-17H2,1-3H3;2*1H. The fourth-order valence-corrected chi connectivity index (χ4v) is 3.61. The first kappa shape index (κ1) is 26.0. The molecule has 0 unspecified atom stereocenters. The smallest absolute Gasteiger partial charge is 0.254 e. The number of hydrogen-bond donors (Lipinski definition) is 1. The second-order valence-electron chi connectivity index (χ2n) is 6.96. The molecule has 156 valence electrons. The van der Waals surface area contributed by atoms with E-state index >= 15 is 0 Å². The van der Waals surface area contributed by atoms with E-state index in [0.29, 0.717) is 6.04 Å². The molecule has 1 N–H and O–H groups in total. The third-order valence-electron chi connectivity index (χ3n) is 5.12. The van der Waals surface area contributed by atoms with E-state index in [-0.39, 0.29) is 30.7 Å². The molecule has 2 rings (SSSR count). The molecule has 1 aliphatic rings. The van der Waals surface area contributed by atoms with Crippen LogP contribution in [0, 0.1) is 0 Å². The van der Waals surface area contributed by atoms with Crippen molar-refractivity contribution in [2.75, 3.05) is 37.6 Å². The van der Waals surface area contributed by atoms with Gasteiger partial charge in [0.05, 0.1) is 0 Å². The van der Waals surface area contributed by atoms with E-state index in [1.807, 2.05) is 12.1 Å². The Morgan fingerprint density at radius 1 is 1.00 bits per heavy atom. The summed E-state index contributed by atoms with van der Waals surface area (Å²) in [4.78, 5) is 17.5. The van der Waals surface area contributed by atoms with Crippen LogP contribution < -0.4 is 10.2 Å². The van der Waals surface area contributed by atoms with Gasteiger partial charge in [0.1, 0.15) is 0 Å². The zero-order valence-corrected chi connectivity index (χ0v) is 18.7. The molecule has 1 saturated heterocycles. The Hall–Kier alpha value is -0.970. The van der Waals surface area contributed by atoms with Gasteiger partial charge < -0.3 is 15.1 Å². The number of anilines is 1. The normalized spacial score (nSPS) is 14.0. The number of rotatable bonds is 9. The molecule has 1 heterocycles. The van der Waals surface area contributed by atoms with Crippen molar-refractivity contribution >= 4 is 36.4 Å².